The van der Waals surface area contributed by atoms with Gasteiger partial charge in [-0.05, 0) is 62.3 Å². The molecule has 0 unspecified atom stereocenters. The van der Waals surface area contributed by atoms with E-state index in [9.17, 15) is 4.79 Å². The number of carbonyl (C=O) groups is 1. The number of hydrogen-bond acceptors (Lipinski definition) is 5. The molecule has 0 spiro atoms. The maximum absolute atomic E-state index is 9.76. The molecule has 0 saturated heterocycles. The predicted molar refractivity (Wildman–Crippen MR) is 112 cm³/mol. The van der Waals surface area contributed by atoms with E-state index in [1.54, 1.807) is 6.20 Å². The van der Waals surface area contributed by atoms with E-state index in [-0.39, 0.29) is 6.10 Å². The zero-order valence-corrected chi connectivity index (χ0v) is 18.5. The van der Waals surface area contributed by atoms with Crippen molar-refractivity contribution in [2.45, 2.75) is 53.7 Å². The molecule has 1 rings (SSSR count). The Morgan fingerprint density at radius 3 is 2.38 bits per heavy atom. The number of aromatic nitrogens is 1. The third-order valence-electron chi connectivity index (χ3n) is 3.24. The molecule has 1 aromatic heterocycles. The largest absolute Gasteiger partial charge is 0.473 e. The van der Waals surface area contributed by atoms with E-state index >= 15 is 0 Å². The normalized spacial score (nSPS) is 12.8. The average molecular weight is 429 g/mol. The summed E-state index contributed by atoms with van der Waals surface area (Å²) in [5, 5.41) is 3.13. The minimum atomic E-state index is 0.105. The van der Waals surface area contributed by atoms with Gasteiger partial charge in [0, 0.05) is 22.8 Å². The fourth-order valence-corrected chi connectivity index (χ4v) is 1.77. The average Bonchev–Trinajstić information content (AvgIpc) is 2.68. The third kappa shape index (κ3) is 13.6. The third-order valence-corrected chi connectivity index (χ3v) is 3.71. The first kappa shape index (κ1) is 26.6. The fourth-order valence-electron chi connectivity index (χ4n) is 1.53. The second-order valence-corrected chi connectivity index (χ2v) is 5.90. The van der Waals surface area contributed by atoms with E-state index in [1.807, 2.05) is 72.0 Å². The van der Waals surface area contributed by atoms with Crippen molar-refractivity contribution in [1.82, 2.24) is 10.3 Å². The summed E-state index contributed by atoms with van der Waals surface area (Å²) in [6, 6.07) is 4.07. The molecule has 0 fully saturated rings. The van der Waals surface area contributed by atoms with Crippen LogP contribution in [0, 0.1) is 0 Å². The molecule has 0 amide bonds. The van der Waals surface area contributed by atoms with Crippen LogP contribution < -0.4 is 10.1 Å². The highest BCUT2D eigenvalue weighted by molar-refractivity contribution is 9.10. The SMILES string of the molecule is C/C=C\C(=C/C)COC=O.CC.CN[C@@H](C)[C@H](C)Oc1ccc(Br)cn1. The van der Waals surface area contributed by atoms with Gasteiger partial charge in [0.25, 0.3) is 6.47 Å². The molecule has 148 valence electrons. The van der Waals surface area contributed by atoms with Crippen LogP contribution in [0.3, 0.4) is 0 Å². The molecule has 1 heterocycles. The van der Waals surface area contributed by atoms with Crippen LogP contribution in [0.1, 0.15) is 41.5 Å². The van der Waals surface area contributed by atoms with Crippen LogP contribution >= 0.6 is 15.9 Å². The van der Waals surface area contributed by atoms with E-state index < -0.39 is 0 Å². The number of halogens is 1. The van der Waals surface area contributed by atoms with Gasteiger partial charge < -0.3 is 14.8 Å². The van der Waals surface area contributed by atoms with Crippen molar-refractivity contribution in [3.05, 3.63) is 46.6 Å². The summed E-state index contributed by atoms with van der Waals surface area (Å²) in [5.41, 5.74) is 1.01. The monoisotopic (exact) mass is 428 g/mol. The molecule has 0 aromatic carbocycles. The van der Waals surface area contributed by atoms with Crippen LogP contribution in [0.5, 0.6) is 5.88 Å². The number of ether oxygens (including phenoxy) is 2. The number of nitrogens with one attached hydrogen (secondary N) is 1. The lowest BCUT2D eigenvalue weighted by Crippen LogP contribution is -2.36. The van der Waals surface area contributed by atoms with Gasteiger partial charge in [-0.1, -0.05) is 32.1 Å². The van der Waals surface area contributed by atoms with E-state index in [0.29, 0.717) is 25.0 Å². The van der Waals surface area contributed by atoms with E-state index in [0.717, 1.165) is 10.0 Å². The van der Waals surface area contributed by atoms with Crippen LogP contribution in [-0.4, -0.2) is 37.3 Å². The number of nitrogens with zero attached hydrogens (tertiary/aromatic N) is 1. The Kier molecular flexibility index (Phi) is 18.5. The van der Waals surface area contributed by atoms with Gasteiger partial charge in [-0.2, -0.15) is 0 Å². The molecule has 1 N–H and O–H groups in total. The summed E-state index contributed by atoms with van der Waals surface area (Å²) in [4.78, 5) is 13.9. The number of likely N-dealkylation sites (N-methyl/N-ethyl adjacent to an activating group) is 1. The smallest absolute Gasteiger partial charge is 0.293 e. The first-order valence-corrected chi connectivity index (χ1v) is 9.56. The number of allylic oxidation sites excluding steroid dienone is 2. The molecule has 0 radical (unpaired) electrons. The number of carbonyl (C=O) groups excluding carboxylic acids is 1. The highest BCUT2D eigenvalue weighted by Crippen LogP contribution is 2.14. The first-order chi connectivity index (χ1) is 12.5. The standard InChI is InChI=1S/C10H15BrN2O.C8H12O2.C2H6/c1-7(12-3)8(2)14-10-5-4-9(11)6-13-10;1-3-5-8(4-2)6-10-7-9;1-2/h4-8,12H,1-3H3;3-5,7H,6H2,1-2H3;1-2H3/b;5-3-,8-4+;/t7-,8-;;/m0../s1. The van der Waals surface area contributed by atoms with Crippen LogP contribution in [-0.2, 0) is 9.53 Å². The van der Waals surface area contributed by atoms with E-state index in [1.165, 1.54) is 0 Å². The summed E-state index contributed by atoms with van der Waals surface area (Å²) < 4.78 is 11.1. The van der Waals surface area contributed by atoms with Crippen molar-refractivity contribution in [1.29, 1.82) is 0 Å². The van der Waals surface area contributed by atoms with Gasteiger partial charge in [-0.25, -0.2) is 4.98 Å². The second-order valence-electron chi connectivity index (χ2n) is 4.99. The van der Waals surface area contributed by atoms with Crippen molar-refractivity contribution in [3.63, 3.8) is 0 Å². The predicted octanol–water partition coefficient (Wildman–Crippen LogP) is 4.93. The maximum atomic E-state index is 9.76. The zero-order valence-electron chi connectivity index (χ0n) is 17.0. The van der Waals surface area contributed by atoms with Gasteiger partial charge in [0.1, 0.15) is 12.7 Å². The van der Waals surface area contributed by atoms with Crippen molar-refractivity contribution in [2.24, 2.45) is 0 Å². The molecule has 5 nitrogen and oxygen atoms in total. The quantitative estimate of drug-likeness (QED) is 0.469. The molecule has 0 saturated carbocycles. The topological polar surface area (TPSA) is 60.5 Å². The molecule has 2 atom stereocenters. The van der Waals surface area contributed by atoms with Crippen molar-refractivity contribution < 1.29 is 14.3 Å². The minimum Gasteiger partial charge on any atom is -0.473 e. The van der Waals surface area contributed by atoms with Crippen molar-refractivity contribution in [2.75, 3.05) is 13.7 Å². The zero-order chi connectivity index (χ0) is 20.4. The van der Waals surface area contributed by atoms with Gasteiger partial charge in [0.05, 0.1) is 0 Å². The summed E-state index contributed by atoms with van der Waals surface area (Å²) in [6.07, 6.45) is 7.55. The van der Waals surface area contributed by atoms with Gasteiger partial charge >= 0.3 is 0 Å². The Morgan fingerprint density at radius 2 is 1.96 bits per heavy atom. The summed E-state index contributed by atoms with van der Waals surface area (Å²) >= 11 is 3.32. The maximum Gasteiger partial charge on any atom is 0.293 e. The summed E-state index contributed by atoms with van der Waals surface area (Å²) in [5.74, 6) is 0.655. The van der Waals surface area contributed by atoms with E-state index in [4.69, 9.17) is 4.74 Å². The molecular weight excluding hydrogens is 396 g/mol. The Labute approximate surface area is 167 Å². The Morgan fingerprint density at radius 1 is 1.31 bits per heavy atom. The molecular formula is C20H33BrN2O3. The van der Waals surface area contributed by atoms with Crippen LogP contribution in [0.4, 0.5) is 0 Å². The van der Waals surface area contributed by atoms with E-state index in [2.05, 4.69) is 37.9 Å². The summed E-state index contributed by atoms with van der Waals surface area (Å²) in [7, 11) is 1.92. The van der Waals surface area contributed by atoms with Gasteiger partial charge in [0.2, 0.25) is 5.88 Å². The van der Waals surface area contributed by atoms with Crippen LogP contribution in [0.15, 0.2) is 46.6 Å². The molecule has 26 heavy (non-hydrogen) atoms. The van der Waals surface area contributed by atoms with Gasteiger partial charge in [-0.3, -0.25) is 4.79 Å². The second kappa shape index (κ2) is 18.1. The molecule has 6 heteroatoms. The Hall–Kier alpha value is -1.66. The molecule has 1 aromatic rings. The lowest BCUT2D eigenvalue weighted by atomic mass is 10.2. The van der Waals surface area contributed by atoms with Crippen molar-refractivity contribution >= 4 is 22.4 Å². The minimum absolute atomic E-state index is 0.105. The fraction of sp³-hybridized carbons (Fsp3) is 0.500. The highest BCUT2D eigenvalue weighted by atomic mass is 79.9. The molecule has 0 aliphatic heterocycles. The Balaban J connectivity index is 0. The molecule has 0 bridgehead atoms. The number of rotatable bonds is 8. The van der Waals surface area contributed by atoms with Gasteiger partial charge in [-0.15, -0.1) is 0 Å². The molecule has 0 aliphatic carbocycles. The number of pyridine rings is 1. The van der Waals surface area contributed by atoms with Crippen LogP contribution in [0.2, 0.25) is 0 Å². The van der Waals surface area contributed by atoms with Crippen molar-refractivity contribution in [3.8, 4) is 5.88 Å². The highest BCUT2D eigenvalue weighted by Gasteiger charge is 2.11. The van der Waals surface area contributed by atoms with Gasteiger partial charge in [0.15, 0.2) is 0 Å². The first-order valence-electron chi connectivity index (χ1n) is 8.77. The van der Waals surface area contributed by atoms with Crippen LogP contribution in [0.25, 0.3) is 0 Å². The Bertz CT molecular complexity index is 516. The lowest BCUT2D eigenvalue weighted by molar-refractivity contribution is -0.127. The summed E-state index contributed by atoms with van der Waals surface area (Å²) in [6.45, 7) is 12.7. The number of hydrogen-bond donors (Lipinski definition) is 1. The molecule has 0 aliphatic rings. The lowest BCUT2D eigenvalue weighted by Gasteiger charge is -2.20.